The van der Waals surface area contributed by atoms with E-state index in [0.717, 1.165) is 52.4 Å². The molecule has 5 fully saturated rings. The van der Waals surface area contributed by atoms with Crippen molar-refractivity contribution in [2.75, 3.05) is 13.7 Å². The average Bonchev–Trinajstić information content (AvgIpc) is 3.14. The second-order valence-electron chi connectivity index (χ2n) is 20.6. The Balaban J connectivity index is 1.34. The minimum absolute atomic E-state index is 0.0170. The highest BCUT2D eigenvalue weighted by Crippen LogP contribution is 2.75. The molecule has 1 heterocycles. The Labute approximate surface area is 374 Å². The number of fused-ring (bicyclic) bond motifs is 7. The predicted octanol–water partition coefficient (Wildman–Crippen LogP) is 7.96. The van der Waals surface area contributed by atoms with Crippen molar-refractivity contribution in [3.8, 4) is 0 Å². The average molecular weight is 918 g/mol. The van der Waals surface area contributed by atoms with Crippen molar-refractivity contribution in [3.05, 3.63) is 11.6 Å². The quantitative estimate of drug-likeness (QED) is 0.0997. The zero-order valence-electron chi connectivity index (χ0n) is 37.3. The molecule has 0 bridgehead atoms. The Hall–Kier alpha value is -2.45. The van der Waals surface area contributed by atoms with E-state index >= 15 is 4.79 Å². The third-order valence-electron chi connectivity index (χ3n) is 16.6. The molecule has 6 rings (SSSR count). The molecular formula is C45H63Cl3O13. The van der Waals surface area contributed by atoms with E-state index in [0.29, 0.717) is 19.3 Å². The fourth-order valence-corrected chi connectivity index (χ4v) is 13.4. The summed E-state index contributed by atoms with van der Waals surface area (Å²) in [5, 5.41) is 0. The molecule has 13 nitrogen and oxygen atoms in total. The molecule has 0 aromatic rings. The van der Waals surface area contributed by atoms with Gasteiger partial charge in [-0.1, -0.05) is 81.9 Å². The molecule has 0 aromatic carbocycles. The molecule has 16 heteroatoms. The number of hydrogen-bond donors (Lipinski definition) is 0. The molecule has 1 saturated heterocycles. The Kier molecular flexibility index (Phi) is 13.0. The first-order valence-corrected chi connectivity index (χ1v) is 22.6. The normalized spacial score (nSPS) is 42.8. The van der Waals surface area contributed by atoms with Gasteiger partial charge in [-0.05, 0) is 110 Å². The van der Waals surface area contributed by atoms with Crippen molar-refractivity contribution in [1.82, 2.24) is 0 Å². The Morgan fingerprint density at radius 2 is 1.41 bits per heavy atom. The topological polar surface area (TPSA) is 167 Å². The van der Waals surface area contributed by atoms with Gasteiger partial charge in [0.1, 0.15) is 12.7 Å². The molecule has 342 valence electrons. The molecule has 5 aliphatic carbocycles. The Morgan fingerprint density at radius 1 is 0.787 bits per heavy atom. The maximum atomic E-state index is 15.0. The summed E-state index contributed by atoms with van der Waals surface area (Å²) in [5.41, 5.74) is -1.13. The molecule has 0 radical (unpaired) electrons. The van der Waals surface area contributed by atoms with Gasteiger partial charge in [-0.3, -0.25) is 24.0 Å². The van der Waals surface area contributed by atoms with Crippen molar-refractivity contribution >= 4 is 70.4 Å². The second-order valence-corrected chi connectivity index (χ2v) is 22.9. The van der Waals surface area contributed by atoms with E-state index < -0.39 is 87.3 Å². The molecule has 61 heavy (non-hydrogen) atoms. The van der Waals surface area contributed by atoms with Crippen LogP contribution in [0.3, 0.4) is 0 Å². The van der Waals surface area contributed by atoms with E-state index in [2.05, 4.69) is 41.5 Å². The lowest BCUT2D eigenvalue weighted by atomic mass is 9.33. The Morgan fingerprint density at radius 3 is 2.00 bits per heavy atom. The third-order valence-corrected chi connectivity index (χ3v) is 17.1. The molecule has 0 spiro atoms. The number of methoxy groups -OCH3 is 1. The molecular weight excluding hydrogens is 855 g/mol. The lowest BCUT2D eigenvalue weighted by molar-refractivity contribution is -0.332. The monoisotopic (exact) mass is 916 g/mol. The van der Waals surface area contributed by atoms with E-state index in [1.165, 1.54) is 19.6 Å². The smallest absolute Gasteiger partial charge is 0.359 e. The number of hydrogen-bond acceptors (Lipinski definition) is 13. The van der Waals surface area contributed by atoms with Gasteiger partial charge in [-0.15, -0.1) is 0 Å². The van der Waals surface area contributed by atoms with E-state index in [4.69, 9.17) is 68.0 Å². The van der Waals surface area contributed by atoms with E-state index in [-0.39, 0.29) is 45.8 Å². The fraction of sp³-hybridized carbons (Fsp3) is 0.822. The standard InChI is InChI=1S/C45H63Cl3O13/c1-23(49)56-22-29-32(57-24(2)50)33(58-25(3)51)34(61-38(54)45(46,47)48)36(59-29)60-31-13-14-42(8)30(39(31,4)5)12-15-44(10)35(42)28(52)20-26-27-21-41(7,37(53)55-11)17-16-40(27,6)18-19-43(26,44)9/h20,27,29-36H,12-19,21-22H2,1-11H3/t27-,29-,30+,31+,32+,33+,34-,35-,36-,40-,41+,42+,43-,44-/m1/s1. The summed E-state index contributed by atoms with van der Waals surface area (Å²) in [6.07, 6.45) is 1.06. The summed E-state index contributed by atoms with van der Waals surface area (Å²) in [5.74, 6) is -3.85. The Bertz CT molecular complexity index is 1840. The number of alkyl halides is 3. The highest BCUT2D eigenvalue weighted by molar-refractivity contribution is 6.75. The van der Waals surface area contributed by atoms with Gasteiger partial charge in [0.2, 0.25) is 0 Å². The first-order valence-electron chi connectivity index (χ1n) is 21.5. The van der Waals surface area contributed by atoms with Crippen LogP contribution in [0.15, 0.2) is 11.6 Å². The maximum Gasteiger partial charge on any atom is 0.359 e. The zero-order valence-corrected chi connectivity index (χ0v) is 39.6. The minimum Gasteiger partial charge on any atom is -0.469 e. The summed E-state index contributed by atoms with van der Waals surface area (Å²) >= 11 is 17.8. The van der Waals surface area contributed by atoms with Gasteiger partial charge in [-0.25, -0.2) is 4.79 Å². The number of carbonyl (C=O) groups is 6. The molecule has 6 aliphatic rings. The second kappa shape index (κ2) is 16.5. The van der Waals surface area contributed by atoms with Crippen molar-refractivity contribution in [2.24, 2.45) is 50.2 Å². The number of halogens is 3. The third kappa shape index (κ3) is 8.27. The number of ketones is 1. The van der Waals surface area contributed by atoms with Crippen LogP contribution < -0.4 is 0 Å². The summed E-state index contributed by atoms with van der Waals surface area (Å²) in [6, 6.07) is 0. The molecule has 4 saturated carbocycles. The largest absolute Gasteiger partial charge is 0.469 e. The van der Waals surface area contributed by atoms with Crippen LogP contribution in [0.5, 0.6) is 0 Å². The van der Waals surface area contributed by atoms with E-state index in [9.17, 15) is 24.0 Å². The molecule has 0 aromatic heterocycles. The lowest BCUT2D eigenvalue weighted by Crippen LogP contribution is -2.68. The molecule has 0 unspecified atom stereocenters. The van der Waals surface area contributed by atoms with Crippen LogP contribution >= 0.6 is 34.8 Å². The summed E-state index contributed by atoms with van der Waals surface area (Å²) in [6.45, 7) is 18.5. The summed E-state index contributed by atoms with van der Waals surface area (Å²) < 4.78 is 38.1. The van der Waals surface area contributed by atoms with Gasteiger partial charge in [0.25, 0.3) is 3.79 Å². The zero-order chi connectivity index (χ0) is 45.5. The molecule has 1 aliphatic heterocycles. The SMILES string of the molecule is COC(=O)[C@@]1(C)CC[C@]2(C)CC[C@]3(C)C(=CC(=O)[C@@H]4[C@@]5(C)CC[C@H](O[C@H]6O[C@H](COC(C)=O)[C@H](OC(C)=O)[C@H](OC(C)=O)[C@H]6OC(=O)C(Cl)(Cl)Cl)C(C)(C)[C@@H]5CC[C@]43C)[C@H]2C1. The highest BCUT2D eigenvalue weighted by Gasteiger charge is 2.71. The lowest BCUT2D eigenvalue weighted by Gasteiger charge is -2.70. The first-order chi connectivity index (χ1) is 28.1. The van der Waals surface area contributed by atoms with Gasteiger partial charge < -0.3 is 33.2 Å². The number of allylic oxidation sites excluding steroid dienone is 2. The van der Waals surface area contributed by atoms with Crippen molar-refractivity contribution in [2.45, 2.75) is 168 Å². The van der Waals surface area contributed by atoms with Crippen LogP contribution in [0.1, 0.15) is 127 Å². The van der Waals surface area contributed by atoms with Gasteiger partial charge in [-0.2, -0.15) is 0 Å². The first kappa shape index (κ1) is 48.0. The van der Waals surface area contributed by atoms with Crippen LogP contribution in [0, 0.1) is 50.2 Å². The molecule has 14 atom stereocenters. The van der Waals surface area contributed by atoms with Crippen LogP contribution in [-0.2, 0) is 61.9 Å². The minimum atomic E-state index is -2.55. The number of carbonyl (C=O) groups excluding carboxylic acids is 6. The molecule has 0 N–H and O–H groups in total. The van der Waals surface area contributed by atoms with Crippen molar-refractivity contribution in [1.29, 1.82) is 0 Å². The van der Waals surface area contributed by atoms with E-state index in [1.807, 2.05) is 13.0 Å². The van der Waals surface area contributed by atoms with Gasteiger partial charge in [0.15, 0.2) is 30.4 Å². The number of ether oxygens (including phenoxy) is 7. The van der Waals surface area contributed by atoms with Gasteiger partial charge in [0, 0.05) is 26.7 Å². The van der Waals surface area contributed by atoms with Crippen molar-refractivity contribution < 1.29 is 61.9 Å². The van der Waals surface area contributed by atoms with Crippen molar-refractivity contribution in [3.63, 3.8) is 0 Å². The summed E-state index contributed by atoms with van der Waals surface area (Å²) in [4.78, 5) is 78.2. The number of rotatable bonds is 8. The van der Waals surface area contributed by atoms with Crippen LogP contribution in [0.4, 0.5) is 0 Å². The number of esters is 5. The van der Waals surface area contributed by atoms with Crippen LogP contribution in [0.2, 0.25) is 0 Å². The van der Waals surface area contributed by atoms with Gasteiger partial charge in [0.05, 0.1) is 18.6 Å². The van der Waals surface area contributed by atoms with E-state index in [1.54, 1.807) is 0 Å². The summed E-state index contributed by atoms with van der Waals surface area (Å²) in [7, 11) is 1.45. The maximum absolute atomic E-state index is 15.0. The van der Waals surface area contributed by atoms with Gasteiger partial charge >= 0.3 is 29.8 Å². The van der Waals surface area contributed by atoms with Crippen LogP contribution in [0.25, 0.3) is 0 Å². The van der Waals surface area contributed by atoms with Crippen LogP contribution in [-0.4, -0.2) is 89.9 Å². The fourth-order valence-electron chi connectivity index (χ4n) is 13.3. The highest BCUT2D eigenvalue weighted by atomic mass is 35.6. The molecule has 0 amide bonds. The predicted molar refractivity (Wildman–Crippen MR) is 223 cm³/mol.